The van der Waals surface area contributed by atoms with E-state index in [9.17, 15) is 14.7 Å². The zero-order valence-electron chi connectivity index (χ0n) is 11.3. The van der Waals surface area contributed by atoms with Crippen LogP contribution in [0.15, 0.2) is 29.2 Å². The lowest BCUT2D eigenvalue weighted by atomic mass is 10.1. The number of ether oxygens (including phenoxy) is 1. The number of carboxylic acid groups (broad SMARTS) is 1. The number of benzene rings is 1. The van der Waals surface area contributed by atoms with E-state index in [0.29, 0.717) is 0 Å². The fourth-order valence-corrected chi connectivity index (χ4v) is 1.95. The molecular weight excluding hydrogens is 282 g/mol. The Labute approximate surface area is 121 Å². The lowest BCUT2D eigenvalue weighted by Gasteiger charge is -2.18. The average molecular weight is 299 g/mol. The zero-order valence-corrected chi connectivity index (χ0v) is 12.1. The van der Waals surface area contributed by atoms with Crippen LogP contribution in [0.3, 0.4) is 0 Å². The standard InChI is InChI=1S/C13H17NO5S/c1-13(18,12(16)17)8-14-11(15)7-20-10-5-3-9(19-2)4-6-10/h3-6,18H,7-8H2,1-2H3,(H,14,15)(H,16,17). The largest absolute Gasteiger partial charge is 0.497 e. The maximum absolute atomic E-state index is 11.5. The molecule has 1 atom stereocenters. The van der Waals surface area contributed by atoms with Gasteiger partial charge in [0.25, 0.3) is 0 Å². The number of hydrogen-bond acceptors (Lipinski definition) is 5. The number of aliphatic carboxylic acids is 1. The Morgan fingerprint density at radius 1 is 1.35 bits per heavy atom. The molecule has 0 aliphatic carbocycles. The van der Waals surface area contributed by atoms with Crippen molar-refractivity contribution >= 4 is 23.6 Å². The fourth-order valence-electron chi connectivity index (χ4n) is 1.22. The lowest BCUT2D eigenvalue weighted by molar-refractivity contribution is -0.156. The van der Waals surface area contributed by atoms with E-state index >= 15 is 0 Å². The van der Waals surface area contributed by atoms with Gasteiger partial charge in [-0.1, -0.05) is 0 Å². The highest BCUT2D eigenvalue weighted by atomic mass is 32.2. The van der Waals surface area contributed by atoms with E-state index in [1.165, 1.54) is 11.8 Å². The molecular formula is C13H17NO5S. The molecule has 1 amide bonds. The van der Waals surface area contributed by atoms with Crippen LogP contribution in [0.25, 0.3) is 0 Å². The van der Waals surface area contributed by atoms with Gasteiger partial charge in [0.1, 0.15) is 5.75 Å². The summed E-state index contributed by atoms with van der Waals surface area (Å²) in [6.07, 6.45) is 0. The number of carbonyl (C=O) groups is 2. The number of amides is 1. The monoisotopic (exact) mass is 299 g/mol. The van der Waals surface area contributed by atoms with E-state index in [2.05, 4.69) is 5.32 Å². The number of nitrogens with one attached hydrogen (secondary N) is 1. The van der Waals surface area contributed by atoms with E-state index < -0.39 is 11.6 Å². The highest BCUT2D eigenvalue weighted by molar-refractivity contribution is 8.00. The van der Waals surface area contributed by atoms with E-state index in [1.54, 1.807) is 19.2 Å². The van der Waals surface area contributed by atoms with Crippen LogP contribution in [0.5, 0.6) is 5.75 Å². The molecule has 0 heterocycles. The molecule has 6 nitrogen and oxygen atoms in total. The number of carboxylic acids is 1. The van der Waals surface area contributed by atoms with Crippen LogP contribution in [0.1, 0.15) is 6.92 Å². The predicted octanol–water partition coefficient (Wildman–Crippen LogP) is 0.739. The Morgan fingerprint density at radius 3 is 2.45 bits per heavy atom. The summed E-state index contributed by atoms with van der Waals surface area (Å²) in [5.41, 5.74) is -1.96. The number of aliphatic hydroxyl groups is 1. The third kappa shape index (κ3) is 5.10. The second-order valence-electron chi connectivity index (χ2n) is 4.32. The Bertz CT molecular complexity index is 472. The zero-order chi connectivity index (χ0) is 15.2. The maximum Gasteiger partial charge on any atom is 0.337 e. The number of rotatable bonds is 7. The van der Waals surface area contributed by atoms with Gasteiger partial charge in [0.2, 0.25) is 5.91 Å². The molecule has 0 bridgehead atoms. The molecule has 1 aromatic carbocycles. The molecule has 1 unspecified atom stereocenters. The van der Waals surface area contributed by atoms with E-state index in [0.717, 1.165) is 17.6 Å². The molecule has 0 radical (unpaired) electrons. The van der Waals surface area contributed by atoms with Gasteiger partial charge in [-0.15, -0.1) is 11.8 Å². The molecule has 110 valence electrons. The molecule has 1 aromatic rings. The molecule has 1 rings (SSSR count). The molecule has 0 aliphatic rings. The number of thioether (sulfide) groups is 1. The Hall–Kier alpha value is -1.73. The fraction of sp³-hybridized carbons (Fsp3) is 0.385. The minimum atomic E-state index is -1.96. The van der Waals surface area contributed by atoms with Crippen LogP contribution in [0.4, 0.5) is 0 Å². The smallest absolute Gasteiger partial charge is 0.337 e. The molecule has 0 saturated heterocycles. The quantitative estimate of drug-likeness (QED) is 0.643. The SMILES string of the molecule is COc1ccc(SCC(=O)NCC(C)(O)C(=O)O)cc1. The molecule has 0 aromatic heterocycles. The van der Waals surface area contributed by atoms with Crippen molar-refractivity contribution in [2.45, 2.75) is 17.4 Å². The number of methoxy groups -OCH3 is 1. The highest BCUT2D eigenvalue weighted by Gasteiger charge is 2.30. The van der Waals surface area contributed by atoms with Gasteiger partial charge in [-0.25, -0.2) is 4.79 Å². The van der Waals surface area contributed by atoms with Gasteiger partial charge in [-0.3, -0.25) is 4.79 Å². The van der Waals surface area contributed by atoms with Crippen molar-refractivity contribution in [3.05, 3.63) is 24.3 Å². The predicted molar refractivity (Wildman–Crippen MR) is 75.0 cm³/mol. The molecule has 0 fully saturated rings. The molecule has 0 spiro atoms. The second-order valence-corrected chi connectivity index (χ2v) is 5.37. The van der Waals surface area contributed by atoms with E-state index in [4.69, 9.17) is 9.84 Å². The van der Waals surface area contributed by atoms with Gasteiger partial charge < -0.3 is 20.3 Å². The molecule has 0 saturated carbocycles. The minimum Gasteiger partial charge on any atom is -0.497 e. The summed E-state index contributed by atoms with van der Waals surface area (Å²) >= 11 is 1.31. The van der Waals surface area contributed by atoms with Crippen molar-refractivity contribution in [3.8, 4) is 5.75 Å². The number of hydrogen-bond donors (Lipinski definition) is 3. The van der Waals surface area contributed by atoms with Crippen molar-refractivity contribution in [2.24, 2.45) is 0 Å². The van der Waals surface area contributed by atoms with Crippen molar-refractivity contribution < 1.29 is 24.5 Å². The summed E-state index contributed by atoms with van der Waals surface area (Å²) in [4.78, 5) is 23.1. The van der Waals surface area contributed by atoms with Crippen molar-refractivity contribution in [1.29, 1.82) is 0 Å². The molecule has 7 heteroatoms. The van der Waals surface area contributed by atoms with Gasteiger partial charge in [-0.05, 0) is 31.2 Å². The number of carbonyl (C=O) groups excluding carboxylic acids is 1. The first-order chi connectivity index (χ1) is 9.35. The first kappa shape index (κ1) is 16.3. The normalized spacial score (nSPS) is 13.3. The van der Waals surface area contributed by atoms with Crippen LogP contribution >= 0.6 is 11.8 Å². The minimum absolute atomic E-state index is 0.141. The van der Waals surface area contributed by atoms with Gasteiger partial charge in [0.05, 0.1) is 19.4 Å². The first-order valence-corrected chi connectivity index (χ1v) is 6.83. The highest BCUT2D eigenvalue weighted by Crippen LogP contribution is 2.20. The van der Waals surface area contributed by atoms with E-state index in [1.807, 2.05) is 12.1 Å². The van der Waals surface area contributed by atoms with Crippen LogP contribution in [-0.4, -0.2) is 47.1 Å². The van der Waals surface area contributed by atoms with Crippen molar-refractivity contribution in [1.82, 2.24) is 5.32 Å². The summed E-state index contributed by atoms with van der Waals surface area (Å²) in [6.45, 7) is 0.802. The first-order valence-electron chi connectivity index (χ1n) is 5.84. The van der Waals surface area contributed by atoms with Gasteiger partial charge in [-0.2, -0.15) is 0 Å². The third-order valence-electron chi connectivity index (χ3n) is 2.52. The van der Waals surface area contributed by atoms with Gasteiger partial charge >= 0.3 is 5.97 Å². The summed E-state index contributed by atoms with van der Waals surface area (Å²) in [5.74, 6) is -0.841. The average Bonchev–Trinajstić information content (AvgIpc) is 2.43. The molecule has 3 N–H and O–H groups in total. The van der Waals surface area contributed by atoms with Gasteiger partial charge in [0.15, 0.2) is 5.60 Å². The molecule has 0 aliphatic heterocycles. The summed E-state index contributed by atoms with van der Waals surface area (Å²) in [6, 6.07) is 7.22. The maximum atomic E-state index is 11.5. The summed E-state index contributed by atoms with van der Waals surface area (Å²) in [7, 11) is 1.57. The van der Waals surface area contributed by atoms with Crippen LogP contribution < -0.4 is 10.1 Å². The van der Waals surface area contributed by atoms with Crippen LogP contribution in [0, 0.1) is 0 Å². The Kier molecular flexibility index (Phi) is 5.84. The van der Waals surface area contributed by atoms with Gasteiger partial charge in [0, 0.05) is 4.90 Å². The van der Waals surface area contributed by atoms with Crippen LogP contribution in [-0.2, 0) is 9.59 Å². The van der Waals surface area contributed by atoms with Crippen molar-refractivity contribution in [2.75, 3.05) is 19.4 Å². The topological polar surface area (TPSA) is 95.9 Å². The summed E-state index contributed by atoms with van der Waals surface area (Å²) in [5, 5.41) is 20.5. The van der Waals surface area contributed by atoms with Crippen molar-refractivity contribution in [3.63, 3.8) is 0 Å². The Morgan fingerprint density at radius 2 is 1.95 bits per heavy atom. The molecule has 20 heavy (non-hydrogen) atoms. The third-order valence-corrected chi connectivity index (χ3v) is 3.53. The van der Waals surface area contributed by atoms with Crippen LogP contribution in [0.2, 0.25) is 0 Å². The second kappa shape index (κ2) is 7.16. The Balaban J connectivity index is 2.38. The summed E-state index contributed by atoms with van der Waals surface area (Å²) < 4.78 is 5.02. The van der Waals surface area contributed by atoms with E-state index in [-0.39, 0.29) is 18.2 Å². The lowest BCUT2D eigenvalue weighted by Crippen LogP contribution is -2.46.